The zero-order valence-electron chi connectivity index (χ0n) is 12.1. The van der Waals surface area contributed by atoms with Crippen molar-refractivity contribution < 1.29 is 13.2 Å². The quantitative estimate of drug-likeness (QED) is 0.875. The zero-order valence-corrected chi connectivity index (χ0v) is 12.9. The highest BCUT2D eigenvalue weighted by Crippen LogP contribution is 2.22. The maximum Gasteiger partial charge on any atom is 0.154 e. The molecule has 1 N–H and O–H groups in total. The normalized spacial score (nSPS) is 22.6. The first-order valence-corrected chi connectivity index (χ1v) is 9.03. The third kappa shape index (κ3) is 4.21. The number of hydrogen-bond acceptors (Lipinski definition) is 4. The lowest BCUT2D eigenvalue weighted by Gasteiger charge is -2.16. The topological polar surface area (TPSA) is 55.4 Å². The molecule has 20 heavy (non-hydrogen) atoms. The summed E-state index contributed by atoms with van der Waals surface area (Å²) < 4.78 is 28.5. The Morgan fingerprint density at radius 3 is 2.60 bits per heavy atom. The Morgan fingerprint density at radius 2 is 2.05 bits per heavy atom. The van der Waals surface area contributed by atoms with E-state index >= 15 is 0 Å². The van der Waals surface area contributed by atoms with Crippen molar-refractivity contribution in [3.8, 4) is 5.75 Å². The molecule has 1 aromatic rings. The van der Waals surface area contributed by atoms with Crippen LogP contribution < -0.4 is 10.1 Å². The van der Waals surface area contributed by atoms with Crippen LogP contribution in [0.25, 0.3) is 0 Å². The van der Waals surface area contributed by atoms with Crippen molar-refractivity contribution in [3.05, 3.63) is 29.8 Å². The molecule has 0 aromatic heterocycles. The third-order valence-electron chi connectivity index (χ3n) is 3.57. The van der Waals surface area contributed by atoms with Gasteiger partial charge in [-0.15, -0.1) is 0 Å². The summed E-state index contributed by atoms with van der Waals surface area (Å²) in [5.41, 5.74) is 1.21. The van der Waals surface area contributed by atoms with Crippen molar-refractivity contribution in [2.24, 2.45) is 0 Å². The van der Waals surface area contributed by atoms with E-state index in [1.165, 1.54) is 5.56 Å². The second-order valence-electron chi connectivity index (χ2n) is 5.39. The molecule has 1 heterocycles. The molecule has 0 aliphatic carbocycles. The summed E-state index contributed by atoms with van der Waals surface area (Å²) >= 11 is 0. The van der Waals surface area contributed by atoms with E-state index < -0.39 is 9.84 Å². The van der Waals surface area contributed by atoms with Crippen LogP contribution in [0.2, 0.25) is 0 Å². The molecule has 0 spiro atoms. The standard InChI is InChI=1S/C15H23NO3S/c1-3-9-16-12(2)13-4-6-14(7-5-13)19-15-8-10-20(17,18)11-15/h4-7,12,15-16H,3,8-11H2,1-2H3. The smallest absolute Gasteiger partial charge is 0.154 e. The molecule has 1 aliphatic heterocycles. The van der Waals surface area contributed by atoms with E-state index in [1.807, 2.05) is 24.3 Å². The van der Waals surface area contributed by atoms with Crippen molar-refractivity contribution >= 4 is 9.84 Å². The van der Waals surface area contributed by atoms with E-state index in [0.717, 1.165) is 18.7 Å². The fourth-order valence-electron chi connectivity index (χ4n) is 2.36. The van der Waals surface area contributed by atoms with E-state index in [1.54, 1.807) is 0 Å². The Kier molecular flexibility index (Phi) is 5.05. The maximum absolute atomic E-state index is 11.4. The van der Waals surface area contributed by atoms with Crippen LogP contribution in [0.1, 0.15) is 38.3 Å². The Morgan fingerprint density at radius 1 is 1.35 bits per heavy atom. The molecule has 0 saturated carbocycles. The first-order valence-electron chi connectivity index (χ1n) is 7.20. The molecule has 2 unspecified atom stereocenters. The van der Waals surface area contributed by atoms with Gasteiger partial charge in [0.15, 0.2) is 9.84 Å². The Bertz CT molecular complexity index is 525. The van der Waals surface area contributed by atoms with Crippen molar-refractivity contribution in [1.82, 2.24) is 5.32 Å². The van der Waals surface area contributed by atoms with E-state index in [0.29, 0.717) is 12.5 Å². The number of rotatable bonds is 6. The average molecular weight is 297 g/mol. The van der Waals surface area contributed by atoms with Crippen molar-refractivity contribution in [2.75, 3.05) is 18.1 Å². The molecular weight excluding hydrogens is 274 g/mol. The van der Waals surface area contributed by atoms with Gasteiger partial charge in [0.1, 0.15) is 11.9 Å². The van der Waals surface area contributed by atoms with Gasteiger partial charge in [-0.05, 0) is 44.0 Å². The molecule has 0 amide bonds. The minimum atomic E-state index is -2.88. The molecule has 112 valence electrons. The summed E-state index contributed by atoms with van der Waals surface area (Å²) in [6.45, 7) is 5.28. The Balaban J connectivity index is 1.92. The molecule has 0 bridgehead atoms. The number of ether oxygens (including phenoxy) is 1. The molecule has 1 aromatic carbocycles. The highest BCUT2D eigenvalue weighted by Gasteiger charge is 2.29. The van der Waals surface area contributed by atoms with Crippen LogP contribution in [0, 0.1) is 0 Å². The predicted octanol–water partition coefficient (Wildman–Crippen LogP) is 2.31. The molecule has 4 nitrogen and oxygen atoms in total. The molecular formula is C15H23NO3S. The number of benzene rings is 1. The lowest BCUT2D eigenvalue weighted by molar-refractivity contribution is 0.229. The van der Waals surface area contributed by atoms with E-state index in [9.17, 15) is 8.42 Å². The molecule has 1 saturated heterocycles. The van der Waals surface area contributed by atoms with Crippen molar-refractivity contribution in [1.29, 1.82) is 0 Å². The maximum atomic E-state index is 11.4. The fourth-order valence-corrected chi connectivity index (χ4v) is 3.95. The molecule has 2 atom stereocenters. The minimum Gasteiger partial charge on any atom is -0.489 e. The van der Waals surface area contributed by atoms with Crippen LogP contribution in [0.4, 0.5) is 0 Å². The molecule has 1 fully saturated rings. The molecule has 2 rings (SSSR count). The molecule has 5 heteroatoms. The van der Waals surface area contributed by atoms with Gasteiger partial charge in [-0.3, -0.25) is 0 Å². The summed E-state index contributed by atoms with van der Waals surface area (Å²) in [6, 6.07) is 8.23. The van der Waals surface area contributed by atoms with E-state index in [-0.39, 0.29) is 17.6 Å². The van der Waals surface area contributed by atoms with Gasteiger partial charge in [0, 0.05) is 6.04 Å². The molecule has 0 radical (unpaired) electrons. The highest BCUT2D eigenvalue weighted by molar-refractivity contribution is 7.91. The van der Waals surface area contributed by atoms with Crippen molar-refractivity contribution in [3.63, 3.8) is 0 Å². The van der Waals surface area contributed by atoms with Crippen LogP contribution >= 0.6 is 0 Å². The van der Waals surface area contributed by atoms with E-state index in [2.05, 4.69) is 19.2 Å². The van der Waals surface area contributed by atoms with Crippen LogP contribution in [0.3, 0.4) is 0 Å². The van der Waals surface area contributed by atoms with Gasteiger partial charge in [-0.2, -0.15) is 0 Å². The summed E-state index contributed by atoms with van der Waals surface area (Å²) in [5, 5.41) is 3.43. The van der Waals surface area contributed by atoms with Crippen LogP contribution in [0.5, 0.6) is 5.75 Å². The molecule has 1 aliphatic rings. The van der Waals surface area contributed by atoms with Gasteiger partial charge >= 0.3 is 0 Å². The van der Waals surface area contributed by atoms with Gasteiger partial charge in [0.05, 0.1) is 11.5 Å². The number of hydrogen-bond donors (Lipinski definition) is 1. The number of sulfone groups is 1. The second-order valence-corrected chi connectivity index (χ2v) is 7.62. The second kappa shape index (κ2) is 6.59. The summed E-state index contributed by atoms with van der Waals surface area (Å²) in [7, 11) is -2.88. The summed E-state index contributed by atoms with van der Waals surface area (Å²) in [6.07, 6.45) is 1.52. The van der Waals surface area contributed by atoms with Crippen molar-refractivity contribution in [2.45, 2.75) is 38.8 Å². The van der Waals surface area contributed by atoms with Crippen LogP contribution in [-0.4, -0.2) is 32.6 Å². The lowest BCUT2D eigenvalue weighted by atomic mass is 10.1. The zero-order chi connectivity index (χ0) is 14.6. The summed E-state index contributed by atoms with van der Waals surface area (Å²) in [4.78, 5) is 0. The van der Waals surface area contributed by atoms with Gasteiger partial charge < -0.3 is 10.1 Å². The van der Waals surface area contributed by atoms with E-state index in [4.69, 9.17) is 4.74 Å². The Hall–Kier alpha value is -1.07. The SMILES string of the molecule is CCCNC(C)c1ccc(OC2CCS(=O)(=O)C2)cc1. The fraction of sp³-hybridized carbons (Fsp3) is 0.600. The third-order valence-corrected chi connectivity index (χ3v) is 5.31. The first-order chi connectivity index (χ1) is 9.50. The van der Waals surface area contributed by atoms with Gasteiger partial charge in [0.2, 0.25) is 0 Å². The predicted molar refractivity (Wildman–Crippen MR) is 80.8 cm³/mol. The Labute approximate surface area is 121 Å². The minimum absolute atomic E-state index is 0.142. The summed E-state index contributed by atoms with van der Waals surface area (Å²) in [5.74, 6) is 1.13. The largest absolute Gasteiger partial charge is 0.489 e. The average Bonchev–Trinajstić information content (AvgIpc) is 2.76. The monoisotopic (exact) mass is 297 g/mol. The van der Waals surface area contributed by atoms with Crippen LogP contribution in [0.15, 0.2) is 24.3 Å². The number of nitrogens with one attached hydrogen (secondary N) is 1. The first kappa shape index (κ1) is 15.3. The van der Waals surface area contributed by atoms with Gasteiger partial charge in [-0.25, -0.2) is 8.42 Å². The van der Waals surface area contributed by atoms with Gasteiger partial charge in [0.25, 0.3) is 0 Å². The highest BCUT2D eigenvalue weighted by atomic mass is 32.2. The van der Waals surface area contributed by atoms with Gasteiger partial charge in [-0.1, -0.05) is 19.1 Å². The lowest BCUT2D eigenvalue weighted by Crippen LogP contribution is -2.19. The van der Waals surface area contributed by atoms with Crippen LogP contribution in [-0.2, 0) is 9.84 Å².